The van der Waals surface area contributed by atoms with E-state index in [0.29, 0.717) is 12.4 Å². The molecular weight excluding hydrogens is 220 g/mol. The Morgan fingerprint density at radius 2 is 2.18 bits per heavy atom. The van der Waals surface area contributed by atoms with Gasteiger partial charge in [0.15, 0.2) is 0 Å². The van der Waals surface area contributed by atoms with Crippen LogP contribution in [-0.2, 0) is 20.9 Å². The molecule has 4 nitrogen and oxygen atoms in total. The zero-order valence-corrected chi connectivity index (χ0v) is 9.64. The van der Waals surface area contributed by atoms with Crippen LogP contribution in [-0.4, -0.2) is 19.2 Å². The van der Waals surface area contributed by atoms with Gasteiger partial charge in [0.25, 0.3) is 0 Å². The summed E-state index contributed by atoms with van der Waals surface area (Å²) >= 11 is 0. The van der Waals surface area contributed by atoms with Crippen LogP contribution in [0.15, 0.2) is 34.7 Å². The third-order valence-corrected chi connectivity index (χ3v) is 2.25. The zero-order valence-electron chi connectivity index (χ0n) is 9.64. The van der Waals surface area contributed by atoms with Crippen molar-refractivity contribution in [1.82, 2.24) is 0 Å². The van der Waals surface area contributed by atoms with Crippen LogP contribution < -0.4 is 0 Å². The number of hydrogen-bond acceptors (Lipinski definition) is 4. The number of carbonyl (C=O) groups excluding carboxylic acids is 1. The average molecular weight is 234 g/mol. The lowest BCUT2D eigenvalue weighted by Gasteiger charge is -2.01. The second-order valence-electron chi connectivity index (χ2n) is 3.55. The van der Waals surface area contributed by atoms with Gasteiger partial charge in [-0.1, -0.05) is 18.2 Å². The van der Waals surface area contributed by atoms with Crippen molar-refractivity contribution < 1.29 is 18.7 Å². The number of fused-ring (bicyclic) bond motifs is 1. The molecule has 2 aromatic rings. The van der Waals surface area contributed by atoms with E-state index in [4.69, 9.17) is 13.9 Å². The van der Waals surface area contributed by atoms with E-state index in [9.17, 15) is 4.79 Å². The second kappa shape index (κ2) is 5.50. The monoisotopic (exact) mass is 234 g/mol. The molecule has 0 aliphatic rings. The van der Waals surface area contributed by atoms with Gasteiger partial charge in [-0.25, -0.2) is 4.79 Å². The maximum atomic E-state index is 11.0. The number of hydrogen-bond donors (Lipinski definition) is 0. The van der Waals surface area contributed by atoms with Crippen LogP contribution in [0.3, 0.4) is 0 Å². The standard InChI is InChI=1S/C13H14O4/c1-2-16-13(14)9-15-8-11-7-10-5-3-4-6-12(10)17-11/h3-7H,2,8-9H2,1H3. The Balaban J connectivity index is 1.89. The number of carbonyl (C=O) groups is 1. The lowest BCUT2D eigenvalue weighted by molar-refractivity contribution is -0.149. The summed E-state index contributed by atoms with van der Waals surface area (Å²) < 4.78 is 15.5. The van der Waals surface area contributed by atoms with Gasteiger partial charge in [0, 0.05) is 5.39 Å². The normalized spacial score (nSPS) is 10.6. The number of rotatable bonds is 5. The van der Waals surface area contributed by atoms with Crippen molar-refractivity contribution >= 4 is 16.9 Å². The van der Waals surface area contributed by atoms with Gasteiger partial charge in [-0.05, 0) is 19.1 Å². The van der Waals surface area contributed by atoms with E-state index in [1.807, 2.05) is 30.3 Å². The van der Waals surface area contributed by atoms with Crippen LogP contribution in [0.2, 0.25) is 0 Å². The van der Waals surface area contributed by atoms with Crippen molar-refractivity contribution in [3.05, 3.63) is 36.1 Å². The van der Waals surface area contributed by atoms with Crippen molar-refractivity contribution in [2.24, 2.45) is 0 Å². The minimum atomic E-state index is -0.358. The lowest BCUT2D eigenvalue weighted by Crippen LogP contribution is -2.12. The summed E-state index contributed by atoms with van der Waals surface area (Å²) in [4.78, 5) is 11.0. The summed E-state index contributed by atoms with van der Waals surface area (Å²) in [5.74, 6) is 0.346. The Kier molecular flexibility index (Phi) is 3.77. The van der Waals surface area contributed by atoms with Gasteiger partial charge in [0.2, 0.25) is 0 Å². The number of esters is 1. The molecule has 0 fully saturated rings. The predicted octanol–water partition coefficient (Wildman–Crippen LogP) is 2.51. The third kappa shape index (κ3) is 3.07. The van der Waals surface area contributed by atoms with Gasteiger partial charge in [-0.15, -0.1) is 0 Å². The highest BCUT2D eigenvalue weighted by Gasteiger charge is 2.05. The molecule has 0 aliphatic carbocycles. The molecule has 90 valence electrons. The summed E-state index contributed by atoms with van der Waals surface area (Å²) in [7, 11) is 0. The summed E-state index contributed by atoms with van der Waals surface area (Å²) in [6.45, 7) is 2.35. The molecule has 0 saturated heterocycles. The molecule has 0 unspecified atom stereocenters. The summed E-state index contributed by atoms with van der Waals surface area (Å²) in [5.41, 5.74) is 0.822. The van der Waals surface area contributed by atoms with Crippen LogP contribution in [0.4, 0.5) is 0 Å². The molecule has 0 atom stereocenters. The Morgan fingerprint density at radius 1 is 1.35 bits per heavy atom. The Hall–Kier alpha value is -1.81. The molecule has 4 heteroatoms. The summed E-state index contributed by atoms with van der Waals surface area (Å²) in [6.07, 6.45) is 0. The van der Waals surface area contributed by atoms with Crippen LogP contribution in [0.5, 0.6) is 0 Å². The number of benzene rings is 1. The number of ether oxygens (including phenoxy) is 2. The maximum Gasteiger partial charge on any atom is 0.332 e. The molecule has 0 aliphatic heterocycles. The van der Waals surface area contributed by atoms with E-state index >= 15 is 0 Å². The molecule has 17 heavy (non-hydrogen) atoms. The van der Waals surface area contributed by atoms with E-state index in [-0.39, 0.29) is 19.2 Å². The smallest absolute Gasteiger partial charge is 0.332 e. The number of furan rings is 1. The molecule has 1 aromatic carbocycles. The van der Waals surface area contributed by atoms with E-state index in [0.717, 1.165) is 11.0 Å². The molecule has 0 saturated carbocycles. The molecule has 1 heterocycles. The fourth-order valence-electron chi connectivity index (χ4n) is 1.55. The zero-order chi connectivity index (χ0) is 12.1. The second-order valence-corrected chi connectivity index (χ2v) is 3.55. The van der Waals surface area contributed by atoms with Gasteiger partial charge in [-0.2, -0.15) is 0 Å². The summed E-state index contributed by atoms with van der Waals surface area (Å²) in [5, 5.41) is 1.03. The Morgan fingerprint density at radius 3 is 2.94 bits per heavy atom. The van der Waals surface area contributed by atoms with Crippen molar-refractivity contribution in [3.8, 4) is 0 Å². The van der Waals surface area contributed by atoms with Gasteiger partial charge < -0.3 is 13.9 Å². The highest BCUT2D eigenvalue weighted by Crippen LogP contribution is 2.19. The highest BCUT2D eigenvalue weighted by atomic mass is 16.6. The topological polar surface area (TPSA) is 48.7 Å². The van der Waals surface area contributed by atoms with Crippen LogP contribution in [0.25, 0.3) is 11.0 Å². The molecule has 0 radical (unpaired) electrons. The van der Waals surface area contributed by atoms with Crippen molar-refractivity contribution in [3.63, 3.8) is 0 Å². The highest BCUT2D eigenvalue weighted by molar-refractivity contribution is 5.77. The van der Waals surface area contributed by atoms with E-state index in [2.05, 4.69) is 0 Å². The number of para-hydroxylation sites is 1. The van der Waals surface area contributed by atoms with Gasteiger partial charge in [0.1, 0.15) is 24.6 Å². The molecule has 0 spiro atoms. The molecule has 1 aromatic heterocycles. The maximum absolute atomic E-state index is 11.0. The molecular formula is C13H14O4. The van der Waals surface area contributed by atoms with E-state index in [1.165, 1.54) is 0 Å². The van der Waals surface area contributed by atoms with Crippen molar-refractivity contribution in [2.75, 3.05) is 13.2 Å². The molecule has 0 bridgehead atoms. The third-order valence-electron chi connectivity index (χ3n) is 2.25. The molecule has 2 rings (SSSR count). The largest absolute Gasteiger partial charge is 0.464 e. The minimum Gasteiger partial charge on any atom is -0.464 e. The van der Waals surface area contributed by atoms with Crippen LogP contribution in [0.1, 0.15) is 12.7 Å². The first-order valence-electron chi connectivity index (χ1n) is 5.50. The van der Waals surface area contributed by atoms with Crippen LogP contribution in [0, 0.1) is 0 Å². The molecule has 0 amide bonds. The Labute approximate surface area is 99.1 Å². The van der Waals surface area contributed by atoms with Crippen LogP contribution >= 0.6 is 0 Å². The minimum absolute atomic E-state index is 0.0507. The fourth-order valence-corrected chi connectivity index (χ4v) is 1.55. The first kappa shape index (κ1) is 11.7. The van der Waals surface area contributed by atoms with Crippen molar-refractivity contribution in [1.29, 1.82) is 0 Å². The Bertz CT molecular complexity index is 468. The lowest BCUT2D eigenvalue weighted by atomic mass is 10.2. The first-order valence-corrected chi connectivity index (χ1v) is 5.50. The van der Waals surface area contributed by atoms with E-state index < -0.39 is 0 Å². The van der Waals surface area contributed by atoms with Crippen molar-refractivity contribution in [2.45, 2.75) is 13.5 Å². The fraction of sp³-hybridized carbons (Fsp3) is 0.308. The average Bonchev–Trinajstić information content (AvgIpc) is 2.71. The van der Waals surface area contributed by atoms with Gasteiger partial charge >= 0.3 is 5.97 Å². The molecule has 0 N–H and O–H groups in total. The first-order chi connectivity index (χ1) is 8.29. The van der Waals surface area contributed by atoms with Gasteiger partial charge in [0.05, 0.1) is 6.61 Å². The predicted molar refractivity (Wildman–Crippen MR) is 62.5 cm³/mol. The SMILES string of the molecule is CCOC(=O)COCc1cc2ccccc2o1. The van der Waals surface area contributed by atoms with E-state index in [1.54, 1.807) is 6.92 Å². The quantitative estimate of drug-likeness (QED) is 0.746. The van der Waals surface area contributed by atoms with Gasteiger partial charge in [-0.3, -0.25) is 0 Å². The summed E-state index contributed by atoms with van der Waals surface area (Å²) in [6, 6.07) is 9.62.